The van der Waals surface area contributed by atoms with Crippen LogP contribution in [0, 0.1) is 0 Å². The van der Waals surface area contributed by atoms with E-state index in [1.807, 2.05) is 19.0 Å². The summed E-state index contributed by atoms with van der Waals surface area (Å²) in [6.07, 6.45) is 6.72. The molecule has 17 heavy (non-hydrogen) atoms. The van der Waals surface area contributed by atoms with Crippen molar-refractivity contribution >= 4 is 5.91 Å². The van der Waals surface area contributed by atoms with Crippen molar-refractivity contribution in [3.63, 3.8) is 0 Å². The maximum absolute atomic E-state index is 12.4. The lowest BCUT2D eigenvalue weighted by Gasteiger charge is -2.35. The van der Waals surface area contributed by atoms with Gasteiger partial charge in [0.05, 0.1) is 12.5 Å². The highest BCUT2D eigenvalue weighted by molar-refractivity contribution is 5.92. The summed E-state index contributed by atoms with van der Waals surface area (Å²) >= 11 is 0. The van der Waals surface area contributed by atoms with Gasteiger partial charge in [-0.3, -0.25) is 4.79 Å². The Kier molecular flexibility index (Phi) is 3.78. The van der Waals surface area contributed by atoms with E-state index in [-0.39, 0.29) is 5.91 Å². The molecule has 94 valence electrons. The van der Waals surface area contributed by atoms with Crippen LogP contribution in [0.3, 0.4) is 0 Å². The minimum Gasteiger partial charge on any atom is -0.333 e. The summed E-state index contributed by atoms with van der Waals surface area (Å²) in [5, 5.41) is 3.17. The summed E-state index contributed by atoms with van der Waals surface area (Å²) in [5.74, 6) is 0.102. The first-order valence-electron chi connectivity index (χ1n) is 6.16. The summed E-state index contributed by atoms with van der Waals surface area (Å²) in [5.41, 5.74) is 0.674. The lowest BCUT2D eigenvalue weighted by Crippen LogP contribution is -2.48. The number of hydrogen-bond donors (Lipinski definition) is 1. The molecule has 0 saturated carbocycles. The standard InChI is InChI=1S/C12H20N4O/c1-13-7-10-5-3-4-6-16(10)12(17)11-8-14-9-15(11)2/h8-10,13H,3-7H2,1-2H3. The third-order valence-corrected chi connectivity index (χ3v) is 3.36. The molecule has 0 radical (unpaired) electrons. The Hall–Kier alpha value is -1.36. The molecule has 5 heteroatoms. The zero-order valence-electron chi connectivity index (χ0n) is 10.5. The van der Waals surface area contributed by atoms with Gasteiger partial charge in [-0.2, -0.15) is 0 Å². The summed E-state index contributed by atoms with van der Waals surface area (Å²) in [6, 6.07) is 0.316. The second kappa shape index (κ2) is 5.31. The van der Waals surface area contributed by atoms with Gasteiger partial charge in [0.2, 0.25) is 0 Å². The first-order valence-corrected chi connectivity index (χ1v) is 6.16. The first kappa shape index (κ1) is 12.1. The van der Waals surface area contributed by atoms with E-state index in [4.69, 9.17) is 0 Å². The normalized spacial score (nSPS) is 20.6. The van der Waals surface area contributed by atoms with Crippen LogP contribution in [-0.2, 0) is 7.05 Å². The van der Waals surface area contributed by atoms with Gasteiger partial charge in [0, 0.05) is 26.2 Å². The molecule has 1 unspecified atom stereocenters. The number of nitrogens with zero attached hydrogens (tertiary/aromatic N) is 3. The highest BCUT2D eigenvalue weighted by Gasteiger charge is 2.28. The van der Waals surface area contributed by atoms with Gasteiger partial charge in [-0.05, 0) is 26.3 Å². The molecular formula is C12H20N4O. The molecular weight excluding hydrogens is 216 g/mol. The van der Waals surface area contributed by atoms with Crippen LogP contribution < -0.4 is 5.32 Å². The predicted octanol–water partition coefficient (Wildman–Crippen LogP) is 0.634. The molecule has 0 bridgehead atoms. The number of carbonyl (C=O) groups excluding carboxylic acids is 1. The van der Waals surface area contributed by atoms with E-state index < -0.39 is 0 Å². The average molecular weight is 236 g/mol. The lowest BCUT2D eigenvalue weighted by molar-refractivity contribution is 0.0605. The Morgan fingerprint density at radius 1 is 1.59 bits per heavy atom. The Balaban J connectivity index is 2.14. The van der Waals surface area contributed by atoms with Crippen LogP contribution in [0.1, 0.15) is 29.8 Å². The van der Waals surface area contributed by atoms with Crippen molar-refractivity contribution in [3.8, 4) is 0 Å². The maximum Gasteiger partial charge on any atom is 0.272 e. The van der Waals surface area contributed by atoms with Crippen LogP contribution in [0.15, 0.2) is 12.5 Å². The Labute approximate surface area is 102 Å². The fourth-order valence-electron chi connectivity index (χ4n) is 2.43. The molecule has 2 heterocycles. The van der Waals surface area contributed by atoms with Crippen LogP contribution in [0.2, 0.25) is 0 Å². The van der Waals surface area contributed by atoms with Gasteiger partial charge >= 0.3 is 0 Å². The Bertz CT molecular complexity index is 386. The van der Waals surface area contributed by atoms with Crippen molar-refractivity contribution in [1.29, 1.82) is 0 Å². The molecule has 0 aromatic carbocycles. The fourth-order valence-corrected chi connectivity index (χ4v) is 2.43. The number of hydrogen-bond acceptors (Lipinski definition) is 3. The van der Waals surface area contributed by atoms with Gasteiger partial charge in [-0.15, -0.1) is 0 Å². The Morgan fingerprint density at radius 3 is 3.06 bits per heavy atom. The topological polar surface area (TPSA) is 50.2 Å². The minimum atomic E-state index is 0.102. The first-order chi connectivity index (χ1) is 8.24. The minimum absolute atomic E-state index is 0.102. The molecule has 1 aliphatic heterocycles. The third kappa shape index (κ3) is 2.49. The molecule has 1 atom stereocenters. The molecule has 1 aliphatic rings. The van der Waals surface area contributed by atoms with E-state index in [2.05, 4.69) is 10.3 Å². The number of piperidine rings is 1. The van der Waals surface area contributed by atoms with E-state index in [0.29, 0.717) is 11.7 Å². The van der Waals surface area contributed by atoms with E-state index >= 15 is 0 Å². The highest BCUT2D eigenvalue weighted by Crippen LogP contribution is 2.18. The number of carbonyl (C=O) groups is 1. The number of amides is 1. The van der Waals surface area contributed by atoms with Gasteiger partial charge in [0.25, 0.3) is 5.91 Å². The van der Waals surface area contributed by atoms with Gasteiger partial charge in [0.1, 0.15) is 5.69 Å². The Morgan fingerprint density at radius 2 is 2.41 bits per heavy atom. The zero-order valence-corrected chi connectivity index (χ0v) is 10.5. The van der Waals surface area contributed by atoms with E-state index in [9.17, 15) is 4.79 Å². The van der Waals surface area contributed by atoms with E-state index in [1.165, 1.54) is 6.42 Å². The molecule has 5 nitrogen and oxygen atoms in total. The van der Waals surface area contributed by atoms with E-state index in [0.717, 1.165) is 25.9 Å². The summed E-state index contributed by atoms with van der Waals surface area (Å²) in [6.45, 7) is 1.72. The van der Waals surface area contributed by atoms with Crippen LogP contribution in [-0.4, -0.2) is 46.5 Å². The van der Waals surface area contributed by atoms with Gasteiger partial charge in [-0.25, -0.2) is 4.98 Å². The number of nitrogens with one attached hydrogen (secondary N) is 1. The average Bonchev–Trinajstić information content (AvgIpc) is 2.76. The smallest absolute Gasteiger partial charge is 0.272 e. The largest absolute Gasteiger partial charge is 0.333 e. The molecule has 2 rings (SSSR count). The van der Waals surface area contributed by atoms with E-state index in [1.54, 1.807) is 17.1 Å². The number of imidazole rings is 1. The van der Waals surface area contributed by atoms with Crippen LogP contribution in [0.25, 0.3) is 0 Å². The second-order valence-electron chi connectivity index (χ2n) is 4.60. The number of likely N-dealkylation sites (N-methyl/N-ethyl adjacent to an activating group) is 1. The van der Waals surface area contributed by atoms with Crippen molar-refractivity contribution in [1.82, 2.24) is 19.8 Å². The molecule has 1 saturated heterocycles. The monoisotopic (exact) mass is 236 g/mol. The van der Waals surface area contributed by atoms with Crippen molar-refractivity contribution in [2.24, 2.45) is 7.05 Å². The lowest BCUT2D eigenvalue weighted by atomic mass is 10.0. The highest BCUT2D eigenvalue weighted by atomic mass is 16.2. The summed E-state index contributed by atoms with van der Waals surface area (Å²) in [7, 11) is 3.79. The number of rotatable bonds is 3. The molecule has 1 aromatic heterocycles. The fraction of sp³-hybridized carbons (Fsp3) is 0.667. The predicted molar refractivity (Wildman–Crippen MR) is 65.8 cm³/mol. The maximum atomic E-state index is 12.4. The van der Waals surface area contributed by atoms with Crippen molar-refractivity contribution in [2.45, 2.75) is 25.3 Å². The number of aryl methyl sites for hydroxylation is 1. The molecule has 0 spiro atoms. The molecule has 1 aromatic rings. The molecule has 0 aliphatic carbocycles. The van der Waals surface area contributed by atoms with Gasteiger partial charge in [-0.1, -0.05) is 0 Å². The summed E-state index contributed by atoms with van der Waals surface area (Å²) in [4.78, 5) is 18.4. The van der Waals surface area contributed by atoms with Crippen molar-refractivity contribution < 1.29 is 4.79 Å². The quantitative estimate of drug-likeness (QED) is 0.837. The zero-order chi connectivity index (χ0) is 12.3. The number of likely N-dealkylation sites (tertiary alicyclic amines) is 1. The number of aromatic nitrogens is 2. The van der Waals surface area contributed by atoms with Crippen LogP contribution in [0.5, 0.6) is 0 Å². The van der Waals surface area contributed by atoms with Crippen molar-refractivity contribution in [2.75, 3.05) is 20.1 Å². The molecule has 1 N–H and O–H groups in total. The van der Waals surface area contributed by atoms with Crippen LogP contribution in [0.4, 0.5) is 0 Å². The van der Waals surface area contributed by atoms with Gasteiger partial charge < -0.3 is 14.8 Å². The van der Waals surface area contributed by atoms with Crippen molar-refractivity contribution in [3.05, 3.63) is 18.2 Å². The SMILES string of the molecule is CNCC1CCCCN1C(=O)c1cncn1C. The molecule has 1 fully saturated rings. The second-order valence-corrected chi connectivity index (χ2v) is 4.60. The molecule has 1 amide bonds. The van der Waals surface area contributed by atoms with Gasteiger partial charge in [0.15, 0.2) is 0 Å². The third-order valence-electron chi connectivity index (χ3n) is 3.36. The van der Waals surface area contributed by atoms with Crippen LogP contribution >= 0.6 is 0 Å². The summed E-state index contributed by atoms with van der Waals surface area (Å²) < 4.78 is 1.79.